The molecule has 6 aromatic rings. The number of nitrogens with one attached hydrogen (secondary N) is 2. The van der Waals surface area contributed by atoms with E-state index >= 15 is 0 Å². The molecule has 0 radical (unpaired) electrons. The van der Waals surface area contributed by atoms with Crippen LogP contribution in [-0.4, -0.2) is 183 Å². The Labute approximate surface area is 617 Å². The summed E-state index contributed by atoms with van der Waals surface area (Å²) in [6, 6.07) is 52.1. The van der Waals surface area contributed by atoms with Crippen molar-refractivity contribution in [3.05, 3.63) is 202 Å². The third-order valence-electron chi connectivity index (χ3n) is 22.4. The Morgan fingerprint density at radius 1 is 0.505 bits per heavy atom. The molecule has 3 aliphatic carbocycles. The number of ether oxygens (including phenoxy) is 5. The van der Waals surface area contributed by atoms with Gasteiger partial charge in [0.2, 0.25) is 0 Å². The fourth-order valence-electron chi connectivity index (χ4n) is 16.4. The van der Waals surface area contributed by atoms with E-state index < -0.39 is 59.9 Å². The number of carboxylic acids is 1. The lowest BCUT2D eigenvalue weighted by molar-refractivity contribution is -0.188. The Morgan fingerprint density at radius 2 is 0.876 bits per heavy atom. The molecule has 6 saturated heterocycles. The highest BCUT2D eigenvalue weighted by molar-refractivity contribution is 9.10. The SMILES string of the molecule is COC(=O)Cc1ccc(Br)cc1.COC(=O)Cc1ccc(N2CCC3(CC2)CC(N(C(=O)C(F)(F)F)[C@@H]2C[C@H]2c2ccccc2)CO3)cc1.O=C(N(C1COC2(CCNCC2)C1)[C@@H]1C[C@H]1c1ccccc1)C(F)(F)F.O=C(O)Cc1ccc(N2CCC3(CC2)CC(N[C@@H]2C[C@H]2c2ccccc2)CO3)cc1. The number of carbonyl (C=O) groups is 5. The summed E-state index contributed by atoms with van der Waals surface area (Å²) in [4.78, 5) is 64.7. The molecule has 15 rings (SSSR count). The molecular formula is C81H93BrF6N6O11. The number of rotatable bonds is 17. The molecule has 3 spiro atoms. The van der Waals surface area contributed by atoms with Gasteiger partial charge < -0.3 is 59.0 Å². The van der Waals surface area contributed by atoms with Gasteiger partial charge in [0.05, 0.1) is 82.2 Å². The number of alkyl halides is 6. The number of esters is 2. The Morgan fingerprint density at radius 3 is 1.28 bits per heavy atom. The second-order valence-electron chi connectivity index (χ2n) is 29.4. The molecule has 6 heterocycles. The number of nitrogens with zero attached hydrogens (tertiary/aromatic N) is 4. The number of benzene rings is 6. The van der Waals surface area contributed by atoms with Crippen molar-refractivity contribution < 1.29 is 79.1 Å². The van der Waals surface area contributed by atoms with Crippen molar-refractivity contribution >= 4 is 57.0 Å². The second-order valence-corrected chi connectivity index (χ2v) is 30.4. The van der Waals surface area contributed by atoms with Crippen LogP contribution in [0.15, 0.2) is 168 Å². The molecule has 0 bridgehead atoms. The average molecular weight is 1520 g/mol. The topological polar surface area (TPSA) is 189 Å². The number of halogens is 7. The molecule has 3 unspecified atom stereocenters. The van der Waals surface area contributed by atoms with Gasteiger partial charge in [0.1, 0.15) is 0 Å². The molecule has 17 nitrogen and oxygen atoms in total. The van der Waals surface area contributed by atoms with Crippen LogP contribution >= 0.6 is 15.9 Å². The van der Waals surface area contributed by atoms with Crippen LogP contribution in [0.4, 0.5) is 37.7 Å². The van der Waals surface area contributed by atoms with Gasteiger partial charge in [-0.15, -0.1) is 0 Å². The van der Waals surface area contributed by atoms with Crippen LogP contribution in [0.25, 0.3) is 0 Å². The van der Waals surface area contributed by atoms with Gasteiger partial charge in [-0.25, -0.2) is 0 Å². The Balaban J connectivity index is 0.000000139. The van der Waals surface area contributed by atoms with Crippen molar-refractivity contribution in [3.8, 4) is 0 Å². The number of carbonyl (C=O) groups excluding carboxylic acids is 4. The Bertz CT molecular complexity index is 3880. The predicted molar refractivity (Wildman–Crippen MR) is 388 cm³/mol. The fourth-order valence-corrected chi connectivity index (χ4v) is 16.7. The minimum Gasteiger partial charge on any atom is -0.481 e. The van der Waals surface area contributed by atoms with Crippen LogP contribution in [0.3, 0.4) is 0 Å². The number of amides is 2. The highest BCUT2D eigenvalue weighted by atomic mass is 79.9. The van der Waals surface area contributed by atoms with Crippen LogP contribution in [0.5, 0.6) is 0 Å². The molecule has 3 saturated carbocycles. The first-order chi connectivity index (χ1) is 50.4. The number of aliphatic carboxylic acids is 1. The van der Waals surface area contributed by atoms with Crippen LogP contribution < -0.4 is 20.4 Å². The van der Waals surface area contributed by atoms with Crippen molar-refractivity contribution in [1.29, 1.82) is 0 Å². The molecule has 6 aliphatic heterocycles. The fraction of sp³-hybridized carbons (Fsp3) is 0.494. The van der Waals surface area contributed by atoms with Gasteiger partial charge in [-0.2, -0.15) is 26.3 Å². The molecule has 6 aromatic carbocycles. The molecule has 105 heavy (non-hydrogen) atoms. The van der Waals surface area contributed by atoms with Crippen LogP contribution in [0.2, 0.25) is 0 Å². The summed E-state index contributed by atoms with van der Waals surface area (Å²) in [5.74, 6) is -4.21. The first-order valence-electron chi connectivity index (χ1n) is 36.5. The van der Waals surface area contributed by atoms with E-state index in [2.05, 4.69) is 71.4 Å². The predicted octanol–water partition coefficient (Wildman–Crippen LogP) is 13.1. The van der Waals surface area contributed by atoms with Gasteiger partial charge in [-0.05, 0) is 160 Å². The second kappa shape index (κ2) is 33.5. The van der Waals surface area contributed by atoms with Crippen LogP contribution in [-0.2, 0) is 66.9 Å². The maximum absolute atomic E-state index is 13.6. The first-order valence-corrected chi connectivity index (χ1v) is 37.3. The van der Waals surface area contributed by atoms with Crippen molar-refractivity contribution in [2.75, 3.05) is 83.1 Å². The van der Waals surface area contributed by atoms with E-state index in [0.29, 0.717) is 76.0 Å². The highest BCUT2D eigenvalue weighted by Gasteiger charge is 2.59. The molecule has 3 N–H and O–H groups in total. The van der Waals surface area contributed by atoms with Crippen molar-refractivity contribution in [2.24, 2.45) is 0 Å². The number of methoxy groups -OCH3 is 2. The normalized spacial score (nSPS) is 25.1. The summed E-state index contributed by atoms with van der Waals surface area (Å²) in [5.41, 5.74) is 7.41. The van der Waals surface area contributed by atoms with Gasteiger partial charge in [0.25, 0.3) is 0 Å². The quantitative estimate of drug-likeness (QED) is 0.0577. The van der Waals surface area contributed by atoms with E-state index in [1.807, 2.05) is 133 Å². The largest absolute Gasteiger partial charge is 0.481 e. The molecule has 9 atom stereocenters. The number of carboxylic acid groups (broad SMARTS) is 1. The monoisotopic (exact) mass is 1520 g/mol. The maximum Gasteiger partial charge on any atom is 0.471 e. The average Bonchev–Trinajstić information content (AvgIpc) is 1.60. The summed E-state index contributed by atoms with van der Waals surface area (Å²) in [6.45, 7) is 6.12. The van der Waals surface area contributed by atoms with Gasteiger partial charge in [0, 0.05) is 83.9 Å². The zero-order chi connectivity index (χ0) is 74.1. The lowest BCUT2D eigenvalue weighted by atomic mass is 9.86. The third kappa shape index (κ3) is 19.9. The molecule has 24 heteroatoms. The van der Waals surface area contributed by atoms with Gasteiger partial charge >= 0.3 is 42.1 Å². The van der Waals surface area contributed by atoms with E-state index in [4.69, 9.17) is 24.1 Å². The third-order valence-corrected chi connectivity index (χ3v) is 22.9. The summed E-state index contributed by atoms with van der Waals surface area (Å²) in [7, 11) is 2.75. The van der Waals surface area contributed by atoms with E-state index in [1.54, 1.807) is 0 Å². The van der Waals surface area contributed by atoms with E-state index in [9.17, 15) is 50.3 Å². The Kier molecular flexibility index (Phi) is 24.5. The summed E-state index contributed by atoms with van der Waals surface area (Å²) < 4.78 is 109. The van der Waals surface area contributed by atoms with Crippen LogP contribution in [0.1, 0.15) is 128 Å². The van der Waals surface area contributed by atoms with Crippen molar-refractivity contribution in [2.45, 2.75) is 179 Å². The van der Waals surface area contributed by atoms with Gasteiger partial charge in [0.15, 0.2) is 0 Å². The smallest absolute Gasteiger partial charge is 0.471 e. The summed E-state index contributed by atoms with van der Waals surface area (Å²) in [5, 5.41) is 16.0. The molecule has 9 fully saturated rings. The highest BCUT2D eigenvalue weighted by Crippen LogP contribution is 2.52. The molecular weight excluding hydrogens is 1430 g/mol. The molecule has 0 aromatic heterocycles. The Hall–Kier alpha value is -7.87. The van der Waals surface area contributed by atoms with Gasteiger partial charge in [-0.1, -0.05) is 143 Å². The van der Waals surface area contributed by atoms with E-state index in [-0.39, 0.29) is 61.0 Å². The maximum atomic E-state index is 13.6. The standard InChI is InChI=1S/C28H31F3N2O4.C25H30N2O3.C19H23F3N2O2.C9H9BrO2/c1-36-25(34)15-19-7-9-21(10-8-19)32-13-11-27(12-14-32)17-22(18-37-27)33(26(35)28(29,30)31)24-16-23(24)20-5-3-2-4-6-20;28-24(29)14-18-6-8-21(9-7-18)27-12-10-25(11-13-27)16-20(17-30-25)26-23-15-22(23)19-4-2-1-3-5-19;20-19(21,22)17(25)24(16-10-15(16)13-4-2-1-3-5-13)14-11-18(26-12-14)6-8-23-9-7-18;1-12-9(11)6-7-2-4-8(10)5-3-7/h2-10,22-24H,11-18H2,1H3;1-9,20,22-23,26H,10-17H2,(H,28,29);1-5,14-16,23H,6-12H2;2-5H,6H2,1H3/t22?,23-,24+;20?,22-,23+;14?,15-,16+;/m000./s1. The lowest BCUT2D eigenvalue weighted by Crippen LogP contribution is -2.50. The van der Waals surface area contributed by atoms with Crippen LogP contribution in [0, 0.1) is 0 Å². The zero-order valence-corrected chi connectivity index (χ0v) is 60.8. The van der Waals surface area contributed by atoms with Crippen molar-refractivity contribution in [1.82, 2.24) is 20.4 Å². The number of piperidine rings is 3. The molecule has 2 amide bonds. The summed E-state index contributed by atoms with van der Waals surface area (Å²) >= 11 is 3.31. The minimum atomic E-state index is -4.91. The number of hydrogen-bond donors (Lipinski definition) is 3. The molecule has 562 valence electrons. The number of anilines is 2. The minimum absolute atomic E-state index is 0.0212. The van der Waals surface area contributed by atoms with E-state index in [0.717, 1.165) is 113 Å². The molecule has 9 aliphatic rings. The van der Waals surface area contributed by atoms with Crippen molar-refractivity contribution in [3.63, 3.8) is 0 Å². The van der Waals surface area contributed by atoms with Gasteiger partial charge in [-0.3, -0.25) is 24.0 Å². The number of hydrogen-bond acceptors (Lipinski definition) is 14. The first kappa shape index (κ1) is 76.8. The van der Waals surface area contributed by atoms with E-state index in [1.165, 1.54) is 31.9 Å². The summed E-state index contributed by atoms with van der Waals surface area (Å²) in [6.07, 6.45) is 0.252. The zero-order valence-electron chi connectivity index (χ0n) is 59.2. The lowest BCUT2D eigenvalue weighted by Gasteiger charge is -2.40.